The molecule has 90 valence electrons. The van der Waals surface area contributed by atoms with Crippen LogP contribution < -0.4 is 0 Å². The topological polar surface area (TPSA) is 37.3 Å². The third kappa shape index (κ3) is 9.41. The molecule has 0 unspecified atom stereocenters. The fourth-order valence-corrected chi connectivity index (χ4v) is 1.57. The van der Waals surface area contributed by atoms with Crippen LogP contribution in [-0.4, -0.2) is 17.0 Å². The van der Waals surface area contributed by atoms with Gasteiger partial charge in [0.05, 0.1) is 5.60 Å². The number of allylic oxidation sites excluding steroid dienone is 5. The highest BCUT2D eigenvalue weighted by atomic mass is 16.3. The van der Waals surface area contributed by atoms with Gasteiger partial charge in [-0.2, -0.15) is 0 Å². The second kappa shape index (κ2) is 9.10. The van der Waals surface area contributed by atoms with Crippen molar-refractivity contribution >= 4 is 6.29 Å². The normalized spacial score (nSPS) is 19.1. The zero-order valence-corrected chi connectivity index (χ0v) is 10.1. The first-order chi connectivity index (χ1) is 7.62. The standard InChI is InChI=1S/C7H14O.C7H8O/c1-7(8)5-3-2-4-6-7;1-2-3-4-5-6-7-8/h8H,2-6H2,1H3;2-7H,1H2/b;4-3-,6-5+. The van der Waals surface area contributed by atoms with Crippen LogP contribution in [0.4, 0.5) is 0 Å². The first-order valence-electron chi connectivity index (χ1n) is 5.74. The Morgan fingerprint density at radius 3 is 2.00 bits per heavy atom. The van der Waals surface area contributed by atoms with E-state index in [0.717, 1.165) is 19.1 Å². The molecule has 0 bridgehead atoms. The monoisotopic (exact) mass is 222 g/mol. The van der Waals surface area contributed by atoms with Gasteiger partial charge in [-0.25, -0.2) is 0 Å². The summed E-state index contributed by atoms with van der Waals surface area (Å²) in [7, 11) is 0. The van der Waals surface area contributed by atoms with Crippen LogP contribution in [0, 0.1) is 0 Å². The second-order valence-corrected chi connectivity index (χ2v) is 4.20. The molecular weight excluding hydrogens is 200 g/mol. The zero-order chi connectivity index (χ0) is 12.3. The highest BCUT2D eigenvalue weighted by Crippen LogP contribution is 2.26. The Balaban J connectivity index is 0.000000281. The maximum atomic E-state index is 9.62. The molecule has 0 atom stereocenters. The molecule has 0 aliphatic heterocycles. The highest BCUT2D eigenvalue weighted by molar-refractivity contribution is 5.65. The van der Waals surface area contributed by atoms with E-state index in [1.165, 1.54) is 25.3 Å². The van der Waals surface area contributed by atoms with E-state index in [1.807, 2.05) is 6.92 Å². The zero-order valence-electron chi connectivity index (χ0n) is 10.1. The lowest BCUT2D eigenvalue weighted by molar-refractivity contribution is -0.104. The van der Waals surface area contributed by atoms with Gasteiger partial charge >= 0.3 is 0 Å². The number of carbonyl (C=O) groups is 1. The molecule has 2 nitrogen and oxygen atoms in total. The van der Waals surface area contributed by atoms with Gasteiger partial charge in [-0.05, 0) is 25.8 Å². The van der Waals surface area contributed by atoms with E-state index in [1.54, 1.807) is 24.3 Å². The van der Waals surface area contributed by atoms with Crippen molar-refractivity contribution in [2.45, 2.75) is 44.6 Å². The van der Waals surface area contributed by atoms with E-state index < -0.39 is 0 Å². The summed E-state index contributed by atoms with van der Waals surface area (Å²) in [6.45, 7) is 5.39. The molecule has 1 aliphatic rings. The van der Waals surface area contributed by atoms with Gasteiger partial charge in [0.15, 0.2) is 0 Å². The Labute approximate surface area is 98.4 Å². The van der Waals surface area contributed by atoms with Crippen LogP contribution in [0.1, 0.15) is 39.0 Å². The third-order valence-corrected chi connectivity index (χ3v) is 2.48. The van der Waals surface area contributed by atoms with Gasteiger partial charge in [0.2, 0.25) is 0 Å². The number of rotatable bonds is 3. The van der Waals surface area contributed by atoms with Crippen molar-refractivity contribution < 1.29 is 9.90 Å². The predicted octanol–water partition coefficient (Wildman–Crippen LogP) is 3.19. The van der Waals surface area contributed by atoms with Gasteiger partial charge < -0.3 is 5.11 Å². The number of carbonyl (C=O) groups excluding carboxylic acids is 1. The van der Waals surface area contributed by atoms with Crippen LogP contribution in [0.25, 0.3) is 0 Å². The number of aldehydes is 1. The van der Waals surface area contributed by atoms with Gasteiger partial charge in [-0.1, -0.05) is 50.1 Å². The minimum Gasteiger partial charge on any atom is -0.390 e. The largest absolute Gasteiger partial charge is 0.390 e. The lowest BCUT2D eigenvalue weighted by atomic mass is 9.87. The Bertz CT molecular complexity index is 225. The van der Waals surface area contributed by atoms with E-state index in [9.17, 15) is 9.90 Å². The van der Waals surface area contributed by atoms with E-state index in [2.05, 4.69) is 6.58 Å². The smallest absolute Gasteiger partial charge is 0.142 e. The maximum absolute atomic E-state index is 9.62. The van der Waals surface area contributed by atoms with Gasteiger partial charge in [-0.15, -0.1) is 0 Å². The van der Waals surface area contributed by atoms with Gasteiger partial charge in [0.1, 0.15) is 6.29 Å². The molecule has 0 aromatic heterocycles. The highest BCUT2D eigenvalue weighted by Gasteiger charge is 2.22. The first-order valence-corrected chi connectivity index (χ1v) is 5.74. The Morgan fingerprint density at radius 1 is 1.06 bits per heavy atom. The van der Waals surface area contributed by atoms with E-state index in [-0.39, 0.29) is 5.60 Å². The molecule has 1 rings (SSSR count). The number of hydrogen-bond acceptors (Lipinski definition) is 2. The minimum absolute atomic E-state index is 0.321. The van der Waals surface area contributed by atoms with Crippen molar-refractivity contribution in [3.63, 3.8) is 0 Å². The second-order valence-electron chi connectivity index (χ2n) is 4.20. The van der Waals surface area contributed by atoms with Crippen LogP contribution in [0.3, 0.4) is 0 Å². The Hall–Kier alpha value is -1.15. The first kappa shape index (κ1) is 14.8. The third-order valence-electron chi connectivity index (χ3n) is 2.48. The molecule has 0 spiro atoms. The van der Waals surface area contributed by atoms with Gasteiger partial charge in [0.25, 0.3) is 0 Å². The Morgan fingerprint density at radius 2 is 1.62 bits per heavy atom. The molecule has 0 amide bonds. The van der Waals surface area contributed by atoms with Crippen molar-refractivity contribution in [3.8, 4) is 0 Å². The quantitative estimate of drug-likeness (QED) is 0.452. The average Bonchev–Trinajstić information content (AvgIpc) is 2.25. The SMILES string of the molecule is C=C/C=C\C=C\C=O.CC1(O)CCCCC1. The van der Waals surface area contributed by atoms with E-state index >= 15 is 0 Å². The molecular formula is C14H22O2. The van der Waals surface area contributed by atoms with Crippen molar-refractivity contribution in [1.29, 1.82) is 0 Å². The number of aliphatic hydroxyl groups is 1. The van der Waals surface area contributed by atoms with Crippen LogP contribution in [-0.2, 0) is 4.79 Å². The molecule has 0 aromatic carbocycles. The van der Waals surface area contributed by atoms with Gasteiger partial charge in [0, 0.05) is 0 Å². The summed E-state index contributed by atoms with van der Waals surface area (Å²) in [6, 6.07) is 0. The summed E-state index contributed by atoms with van der Waals surface area (Å²) in [5.41, 5.74) is -0.321. The van der Waals surface area contributed by atoms with E-state index in [4.69, 9.17) is 0 Å². The van der Waals surface area contributed by atoms with Crippen molar-refractivity contribution in [1.82, 2.24) is 0 Å². The molecule has 2 heteroatoms. The predicted molar refractivity (Wildman–Crippen MR) is 68.2 cm³/mol. The maximum Gasteiger partial charge on any atom is 0.142 e. The molecule has 0 heterocycles. The minimum atomic E-state index is -0.321. The summed E-state index contributed by atoms with van der Waals surface area (Å²) in [5, 5.41) is 9.37. The molecule has 0 saturated heterocycles. The fourth-order valence-electron chi connectivity index (χ4n) is 1.57. The van der Waals surface area contributed by atoms with E-state index in [0.29, 0.717) is 0 Å². The lowest BCUT2D eigenvalue weighted by Crippen LogP contribution is -2.26. The van der Waals surface area contributed by atoms with Crippen LogP contribution in [0.15, 0.2) is 37.0 Å². The van der Waals surface area contributed by atoms with Crippen molar-refractivity contribution in [2.24, 2.45) is 0 Å². The summed E-state index contributed by atoms with van der Waals surface area (Å²) in [5.74, 6) is 0. The van der Waals surface area contributed by atoms with Crippen molar-refractivity contribution in [3.05, 3.63) is 37.0 Å². The lowest BCUT2D eigenvalue weighted by Gasteiger charge is -2.27. The Kier molecular flexibility index (Phi) is 8.45. The molecule has 0 radical (unpaired) electrons. The molecule has 1 fully saturated rings. The van der Waals surface area contributed by atoms with Crippen LogP contribution in [0.2, 0.25) is 0 Å². The summed E-state index contributed by atoms with van der Waals surface area (Å²) in [4.78, 5) is 9.62. The molecule has 1 aliphatic carbocycles. The molecule has 16 heavy (non-hydrogen) atoms. The fraction of sp³-hybridized carbons (Fsp3) is 0.500. The summed E-state index contributed by atoms with van der Waals surface area (Å²) in [6.07, 6.45) is 14.7. The van der Waals surface area contributed by atoms with Crippen LogP contribution in [0.5, 0.6) is 0 Å². The average molecular weight is 222 g/mol. The number of hydrogen-bond donors (Lipinski definition) is 1. The van der Waals surface area contributed by atoms with Gasteiger partial charge in [-0.3, -0.25) is 4.79 Å². The summed E-state index contributed by atoms with van der Waals surface area (Å²) < 4.78 is 0. The summed E-state index contributed by atoms with van der Waals surface area (Å²) >= 11 is 0. The molecule has 0 aromatic rings. The van der Waals surface area contributed by atoms with Crippen LogP contribution >= 0.6 is 0 Å². The van der Waals surface area contributed by atoms with Crippen molar-refractivity contribution in [2.75, 3.05) is 0 Å². The molecule has 1 N–H and O–H groups in total. The molecule has 1 saturated carbocycles.